The molecule has 24 heavy (non-hydrogen) atoms. The lowest BCUT2D eigenvalue weighted by Gasteiger charge is -2.27. The first-order chi connectivity index (χ1) is 11.5. The Bertz CT molecular complexity index is 853. The molecule has 2 heteroatoms. The highest BCUT2D eigenvalue weighted by Gasteiger charge is 2.22. The van der Waals surface area contributed by atoms with E-state index in [1.807, 2.05) is 0 Å². The molecular formula is C22H26N2. The predicted octanol–water partition coefficient (Wildman–Crippen LogP) is 5.02. The SMILES string of the molecule is CC(C)(C)c1ccc2[nH]c3c(c2c1)CCN(Cc1ccccc1)C3. The molecule has 0 amide bonds. The summed E-state index contributed by atoms with van der Waals surface area (Å²) in [5.41, 5.74) is 7.23. The van der Waals surface area contributed by atoms with E-state index in [0.29, 0.717) is 0 Å². The Morgan fingerprint density at radius 3 is 2.58 bits per heavy atom. The molecule has 0 aliphatic carbocycles. The van der Waals surface area contributed by atoms with Gasteiger partial charge in [-0.05, 0) is 40.7 Å². The zero-order valence-corrected chi connectivity index (χ0v) is 14.9. The molecular weight excluding hydrogens is 292 g/mol. The van der Waals surface area contributed by atoms with Crippen LogP contribution in [0.4, 0.5) is 0 Å². The summed E-state index contributed by atoms with van der Waals surface area (Å²) in [6.45, 7) is 10.0. The summed E-state index contributed by atoms with van der Waals surface area (Å²) in [5, 5.41) is 1.43. The first-order valence-electron chi connectivity index (χ1n) is 8.91. The molecule has 3 aromatic rings. The Labute approximate surface area is 144 Å². The van der Waals surface area contributed by atoms with Crippen LogP contribution in [-0.2, 0) is 24.9 Å². The smallest absolute Gasteiger partial charge is 0.0459 e. The molecule has 0 unspecified atom stereocenters. The van der Waals surface area contributed by atoms with Gasteiger partial charge in [-0.25, -0.2) is 0 Å². The Morgan fingerprint density at radius 1 is 1.04 bits per heavy atom. The van der Waals surface area contributed by atoms with Gasteiger partial charge in [0.15, 0.2) is 0 Å². The minimum absolute atomic E-state index is 0.201. The van der Waals surface area contributed by atoms with Crippen LogP contribution in [0.2, 0.25) is 0 Å². The van der Waals surface area contributed by atoms with Crippen molar-refractivity contribution >= 4 is 10.9 Å². The van der Waals surface area contributed by atoms with Gasteiger partial charge in [-0.1, -0.05) is 57.2 Å². The third-order valence-corrected chi connectivity index (χ3v) is 5.17. The van der Waals surface area contributed by atoms with Crippen LogP contribution in [0.5, 0.6) is 0 Å². The molecule has 0 radical (unpaired) electrons. The molecule has 1 aliphatic rings. The molecule has 1 aliphatic heterocycles. The number of nitrogens with one attached hydrogen (secondary N) is 1. The quantitative estimate of drug-likeness (QED) is 0.702. The summed E-state index contributed by atoms with van der Waals surface area (Å²) in [6, 6.07) is 17.7. The van der Waals surface area contributed by atoms with Crippen molar-refractivity contribution < 1.29 is 0 Å². The van der Waals surface area contributed by atoms with E-state index in [0.717, 1.165) is 26.1 Å². The molecule has 4 rings (SSSR count). The average molecular weight is 318 g/mol. The van der Waals surface area contributed by atoms with Crippen molar-refractivity contribution in [2.24, 2.45) is 0 Å². The fraction of sp³-hybridized carbons (Fsp3) is 0.364. The van der Waals surface area contributed by atoms with Crippen molar-refractivity contribution in [2.75, 3.05) is 6.54 Å². The lowest BCUT2D eigenvalue weighted by Crippen LogP contribution is -2.29. The van der Waals surface area contributed by atoms with Gasteiger partial charge in [0, 0.05) is 36.2 Å². The molecule has 0 spiro atoms. The second-order valence-corrected chi connectivity index (χ2v) is 8.04. The molecule has 2 nitrogen and oxygen atoms in total. The molecule has 0 saturated heterocycles. The van der Waals surface area contributed by atoms with Crippen LogP contribution in [0.3, 0.4) is 0 Å². The molecule has 2 heterocycles. The van der Waals surface area contributed by atoms with E-state index < -0.39 is 0 Å². The highest BCUT2D eigenvalue weighted by Crippen LogP contribution is 2.32. The van der Waals surface area contributed by atoms with Crippen LogP contribution >= 0.6 is 0 Å². The number of H-pyrrole nitrogens is 1. The van der Waals surface area contributed by atoms with Crippen molar-refractivity contribution in [1.29, 1.82) is 0 Å². The molecule has 1 N–H and O–H groups in total. The zero-order valence-electron chi connectivity index (χ0n) is 14.9. The zero-order chi connectivity index (χ0) is 16.7. The minimum Gasteiger partial charge on any atom is -0.357 e. The number of fused-ring (bicyclic) bond motifs is 3. The molecule has 124 valence electrons. The topological polar surface area (TPSA) is 19.0 Å². The van der Waals surface area contributed by atoms with Gasteiger partial charge in [0.25, 0.3) is 0 Å². The lowest BCUT2D eigenvalue weighted by molar-refractivity contribution is 0.243. The molecule has 0 bridgehead atoms. The van der Waals surface area contributed by atoms with Gasteiger partial charge in [-0.3, -0.25) is 4.90 Å². The lowest BCUT2D eigenvalue weighted by atomic mass is 9.86. The van der Waals surface area contributed by atoms with Crippen LogP contribution in [0.1, 0.15) is 43.2 Å². The summed E-state index contributed by atoms with van der Waals surface area (Å²) in [6.07, 6.45) is 1.13. The second kappa shape index (κ2) is 5.78. The Kier molecular flexibility index (Phi) is 3.73. The first kappa shape index (κ1) is 15.5. The van der Waals surface area contributed by atoms with Crippen LogP contribution in [-0.4, -0.2) is 16.4 Å². The van der Waals surface area contributed by atoms with Gasteiger partial charge in [0.05, 0.1) is 0 Å². The summed E-state index contributed by atoms with van der Waals surface area (Å²) in [7, 11) is 0. The number of hydrogen-bond acceptors (Lipinski definition) is 1. The molecule has 0 atom stereocenters. The van der Waals surface area contributed by atoms with Crippen LogP contribution in [0.15, 0.2) is 48.5 Å². The van der Waals surface area contributed by atoms with Gasteiger partial charge in [-0.15, -0.1) is 0 Å². The maximum absolute atomic E-state index is 3.67. The number of nitrogens with zero attached hydrogens (tertiary/aromatic N) is 1. The largest absolute Gasteiger partial charge is 0.357 e. The van der Waals surface area contributed by atoms with Gasteiger partial charge >= 0.3 is 0 Å². The van der Waals surface area contributed by atoms with E-state index in [-0.39, 0.29) is 5.41 Å². The first-order valence-corrected chi connectivity index (χ1v) is 8.91. The van der Waals surface area contributed by atoms with Crippen molar-refractivity contribution in [3.8, 4) is 0 Å². The maximum atomic E-state index is 3.67. The standard InChI is InChI=1S/C22H26N2/c1-22(2,3)17-9-10-20-19(13-17)18-11-12-24(15-21(18)23-20)14-16-7-5-4-6-8-16/h4-10,13,23H,11-12,14-15H2,1-3H3. The summed E-state index contributed by atoms with van der Waals surface area (Å²) < 4.78 is 0. The number of hydrogen-bond donors (Lipinski definition) is 1. The Hall–Kier alpha value is -2.06. The van der Waals surface area contributed by atoms with E-state index in [2.05, 4.69) is 79.2 Å². The third kappa shape index (κ3) is 2.87. The average Bonchev–Trinajstić information content (AvgIpc) is 2.92. The van der Waals surface area contributed by atoms with E-state index in [1.54, 1.807) is 0 Å². The van der Waals surface area contributed by atoms with E-state index in [1.165, 1.54) is 33.3 Å². The number of aromatic nitrogens is 1. The van der Waals surface area contributed by atoms with E-state index >= 15 is 0 Å². The summed E-state index contributed by atoms with van der Waals surface area (Å²) >= 11 is 0. The predicted molar refractivity (Wildman–Crippen MR) is 101 cm³/mol. The van der Waals surface area contributed by atoms with Gasteiger partial charge in [0.2, 0.25) is 0 Å². The Morgan fingerprint density at radius 2 is 1.83 bits per heavy atom. The number of aromatic amines is 1. The molecule has 1 aromatic heterocycles. The van der Waals surface area contributed by atoms with Gasteiger partial charge in [0.1, 0.15) is 0 Å². The van der Waals surface area contributed by atoms with Gasteiger partial charge < -0.3 is 4.98 Å². The molecule has 2 aromatic carbocycles. The van der Waals surface area contributed by atoms with Crippen molar-refractivity contribution in [2.45, 2.75) is 45.7 Å². The fourth-order valence-corrected chi connectivity index (χ4v) is 3.74. The van der Waals surface area contributed by atoms with Crippen LogP contribution in [0.25, 0.3) is 10.9 Å². The van der Waals surface area contributed by atoms with Crippen molar-refractivity contribution in [1.82, 2.24) is 9.88 Å². The van der Waals surface area contributed by atoms with E-state index in [4.69, 9.17) is 0 Å². The second-order valence-electron chi connectivity index (χ2n) is 8.04. The van der Waals surface area contributed by atoms with E-state index in [9.17, 15) is 0 Å². The monoisotopic (exact) mass is 318 g/mol. The minimum atomic E-state index is 0.201. The highest BCUT2D eigenvalue weighted by atomic mass is 15.1. The summed E-state index contributed by atoms with van der Waals surface area (Å²) in [4.78, 5) is 6.21. The van der Waals surface area contributed by atoms with Gasteiger partial charge in [-0.2, -0.15) is 0 Å². The van der Waals surface area contributed by atoms with Crippen LogP contribution in [0, 0.1) is 0 Å². The fourth-order valence-electron chi connectivity index (χ4n) is 3.74. The third-order valence-electron chi connectivity index (χ3n) is 5.17. The normalized spacial score (nSPS) is 15.6. The van der Waals surface area contributed by atoms with Crippen molar-refractivity contribution in [3.05, 3.63) is 70.9 Å². The number of benzene rings is 2. The summed E-state index contributed by atoms with van der Waals surface area (Å²) in [5.74, 6) is 0. The highest BCUT2D eigenvalue weighted by molar-refractivity contribution is 5.85. The number of rotatable bonds is 2. The van der Waals surface area contributed by atoms with Crippen molar-refractivity contribution in [3.63, 3.8) is 0 Å². The Balaban J connectivity index is 1.62. The maximum Gasteiger partial charge on any atom is 0.0459 e. The van der Waals surface area contributed by atoms with Crippen LogP contribution < -0.4 is 0 Å². The molecule has 0 fully saturated rings. The molecule has 0 saturated carbocycles.